The molecule has 18 heavy (non-hydrogen) atoms. The summed E-state index contributed by atoms with van der Waals surface area (Å²) in [4.78, 5) is 8.19. The second-order valence-electron chi connectivity index (χ2n) is 4.19. The maximum atomic E-state index is 6.23. The molecule has 0 saturated heterocycles. The molecule has 3 nitrogen and oxygen atoms in total. The summed E-state index contributed by atoms with van der Waals surface area (Å²) in [5.41, 5.74) is 0.966. The molecule has 0 bridgehead atoms. The standard InChI is InChI=1S/C13H16Cl2N3/c1-2-3-8-17-10-18(13(15)12(17)14)9-11-6-4-5-7-16-11/h4-7,10H,2-3,8-9H2,1H3. The molecular formula is C13H16Cl2N3. The van der Waals surface area contributed by atoms with Gasteiger partial charge in [0.2, 0.25) is 0 Å². The van der Waals surface area contributed by atoms with Gasteiger partial charge in [0.15, 0.2) is 0 Å². The highest BCUT2D eigenvalue weighted by atomic mass is 35.5. The van der Waals surface area contributed by atoms with Crippen molar-refractivity contribution in [2.24, 2.45) is 0 Å². The molecule has 1 aliphatic rings. The minimum absolute atomic E-state index is 0.568. The molecule has 0 N–H and O–H groups in total. The zero-order valence-corrected chi connectivity index (χ0v) is 11.8. The van der Waals surface area contributed by atoms with E-state index in [2.05, 4.69) is 11.9 Å². The van der Waals surface area contributed by atoms with Crippen LogP contribution in [0.25, 0.3) is 0 Å². The molecule has 97 valence electrons. The predicted molar refractivity (Wildman–Crippen MR) is 74.4 cm³/mol. The number of nitrogens with zero attached hydrogens (tertiary/aromatic N) is 3. The monoisotopic (exact) mass is 284 g/mol. The number of hydrogen-bond acceptors (Lipinski definition) is 3. The zero-order chi connectivity index (χ0) is 13.0. The topological polar surface area (TPSA) is 19.4 Å². The SMILES string of the molecule is CCCCN1[CH]N(Cc2ccccn2)C(Cl)=C1Cl. The lowest BCUT2D eigenvalue weighted by molar-refractivity contribution is 0.325. The Morgan fingerprint density at radius 3 is 2.61 bits per heavy atom. The summed E-state index contributed by atoms with van der Waals surface area (Å²) in [5, 5.41) is 1.17. The molecule has 0 atom stereocenters. The largest absolute Gasteiger partial charge is 0.336 e. The summed E-state index contributed by atoms with van der Waals surface area (Å²) in [7, 11) is 0. The molecular weight excluding hydrogens is 269 g/mol. The lowest BCUT2D eigenvalue weighted by Crippen LogP contribution is -2.22. The van der Waals surface area contributed by atoms with Crippen molar-refractivity contribution < 1.29 is 0 Å². The first-order chi connectivity index (χ1) is 8.72. The summed E-state index contributed by atoms with van der Waals surface area (Å²) >= 11 is 12.4. The van der Waals surface area contributed by atoms with Crippen molar-refractivity contribution in [1.82, 2.24) is 14.8 Å². The van der Waals surface area contributed by atoms with Gasteiger partial charge in [-0.2, -0.15) is 0 Å². The normalized spacial score (nSPS) is 15.7. The first-order valence-corrected chi connectivity index (χ1v) is 6.81. The second kappa shape index (κ2) is 6.30. The van der Waals surface area contributed by atoms with Gasteiger partial charge < -0.3 is 9.80 Å². The van der Waals surface area contributed by atoms with Gasteiger partial charge in [0, 0.05) is 12.7 Å². The molecule has 1 aliphatic heterocycles. The molecule has 2 rings (SSSR count). The third-order valence-corrected chi connectivity index (χ3v) is 3.65. The summed E-state index contributed by atoms with van der Waals surface area (Å²) in [5.74, 6) is 0. The Balaban J connectivity index is 2.00. The lowest BCUT2D eigenvalue weighted by atomic mass is 10.3. The van der Waals surface area contributed by atoms with Crippen molar-refractivity contribution in [2.45, 2.75) is 26.3 Å². The average molecular weight is 285 g/mol. The van der Waals surface area contributed by atoms with Crippen LogP contribution in [0.15, 0.2) is 34.7 Å². The van der Waals surface area contributed by atoms with Crippen molar-refractivity contribution >= 4 is 23.2 Å². The summed E-state index contributed by atoms with van der Waals surface area (Å²) in [6, 6.07) is 5.84. The van der Waals surface area contributed by atoms with E-state index in [1.807, 2.05) is 34.7 Å². The van der Waals surface area contributed by atoms with Gasteiger partial charge in [0.1, 0.15) is 17.0 Å². The van der Waals surface area contributed by atoms with Gasteiger partial charge in [-0.05, 0) is 18.6 Å². The third-order valence-electron chi connectivity index (χ3n) is 2.76. The van der Waals surface area contributed by atoms with E-state index >= 15 is 0 Å². The van der Waals surface area contributed by atoms with Crippen molar-refractivity contribution in [3.63, 3.8) is 0 Å². The van der Waals surface area contributed by atoms with Gasteiger partial charge >= 0.3 is 0 Å². The van der Waals surface area contributed by atoms with E-state index in [1.165, 1.54) is 0 Å². The maximum Gasteiger partial charge on any atom is 0.144 e. The molecule has 0 fully saturated rings. The van der Waals surface area contributed by atoms with Gasteiger partial charge in [0.05, 0.1) is 12.2 Å². The Kier molecular flexibility index (Phi) is 4.72. The van der Waals surface area contributed by atoms with Gasteiger partial charge in [-0.15, -0.1) is 0 Å². The molecule has 0 unspecified atom stereocenters. The van der Waals surface area contributed by atoms with Crippen LogP contribution < -0.4 is 0 Å². The predicted octanol–water partition coefficient (Wildman–Crippen LogP) is 3.72. The summed E-state index contributed by atoms with van der Waals surface area (Å²) in [6.07, 6.45) is 4.00. The Bertz CT molecular complexity index is 420. The first kappa shape index (κ1) is 13.5. The molecule has 1 aromatic heterocycles. The molecule has 1 aromatic rings. The summed E-state index contributed by atoms with van der Waals surface area (Å²) in [6.45, 7) is 5.64. The molecule has 0 aromatic carbocycles. The fourth-order valence-electron chi connectivity index (χ4n) is 1.77. The number of pyridine rings is 1. The van der Waals surface area contributed by atoms with Gasteiger partial charge in [-0.1, -0.05) is 42.6 Å². The minimum atomic E-state index is 0.568. The maximum absolute atomic E-state index is 6.23. The molecule has 1 radical (unpaired) electrons. The molecule has 5 heteroatoms. The Morgan fingerprint density at radius 2 is 1.94 bits per heavy atom. The number of aromatic nitrogens is 1. The average Bonchev–Trinajstić information content (AvgIpc) is 2.66. The van der Waals surface area contributed by atoms with E-state index in [1.54, 1.807) is 6.20 Å². The minimum Gasteiger partial charge on any atom is -0.336 e. The van der Waals surface area contributed by atoms with E-state index in [4.69, 9.17) is 23.2 Å². The van der Waals surface area contributed by atoms with Crippen LogP contribution in [-0.2, 0) is 6.54 Å². The number of halogens is 2. The lowest BCUT2D eigenvalue weighted by Gasteiger charge is -2.20. The first-order valence-electron chi connectivity index (χ1n) is 6.06. The fraction of sp³-hybridized carbons (Fsp3) is 0.385. The summed E-state index contributed by atoms with van der Waals surface area (Å²) < 4.78 is 0. The Labute approximate surface area is 118 Å². The van der Waals surface area contributed by atoms with Gasteiger partial charge in [0.25, 0.3) is 0 Å². The molecule has 2 heterocycles. The van der Waals surface area contributed by atoms with E-state index in [9.17, 15) is 0 Å². The molecule has 0 aliphatic carbocycles. The highest BCUT2D eigenvalue weighted by Gasteiger charge is 2.27. The smallest absolute Gasteiger partial charge is 0.144 e. The van der Waals surface area contributed by atoms with Crippen molar-refractivity contribution in [2.75, 3.05) is 6.54 Å². The van der Waals surface area contributed by atoms with Crippen LogP contribution in [0.5, 0.6) is 0 Å². The van der Waals surface area contributed by atoms with Crippen LogP contribution in [0, 0.1) is 6.67 Å². The van der Waals surface area contributed by atoms with Crippen LogP contribution >= 0.6 is 23.2 Å². The zero-order valence-electron chi connectivity index (χ0n) is 10.3. The Morgan fingerprint density at radius 1 is 1.17 bits per heavy atom. The van der Waals surface area contributed by atoms with Crippen molar-refractivity contribution in [1.29, 1.82) is 0 Å². The van der Waals surface area contributed by atoms with Crippen LogP contribution in [0.2, 0.25) is 0 Å². The van der Waals surface area contributed by atoms with E-state index in [-0.39, 0.29) is 0 Å². The van der Waals surface area contributed by atoms with E-state index in [0.717, 1.165) is 25.1 Å². The van der Waals surface area contributed by atoms with E-state index < -0.39 is 0 Å². The molecule has 0 saturated carbocycles. The quantitative estimate of drug-likeness (QED) is 0.769. The van der Waals surface area contributed by atoms with Crippen LogP contribution in [0.3, 0.4) is 0 Å². The molecule has 0 amide bonds. The highest BCUT2D eigenvalue weighted by molar-refractivity contribution is 6.39. The highest BCUT2D eigenvalue weighted by Crippen LogP contribution is 2.33. The van der Waals surface area contributed by atoms with Crippen LogP contribution in [0.4, 0.5) is 0 Å². The van der Waals surface area contributed by atoms with Gasteiger partial charge in [-0.3, -0.25) is 4.98 Å². The van der Waals surface area contributed by atoms with Crippen LogP contribution in [0.1, 0.15) is 25.5 Å². The fourth-order valence-corrected chi connectivity index (χ4v) is 2.22. The van der Waals surface area contributed by atoms with Crippen molar-refractivity contribution in [3.8, 4) is 0 Å². The number of hydrogen-bond donors (Lipinski definition) is 0. The van der Waals surface area contributed by atoms with Gasteiger partial charge in [-0.25, -0.2) is 0 Å². The Hall–Kier alpha value is -0.930. The van der Waals surface area contributed by atoms with Crippen LogP contribution in [-0.4, -0.2) is 21.3 Å². The third kappa shape index (κ3) is 3.09. The molecule has 0 spiro atoms. The number of rotatable bonds is 5. The van der Waals surface area contributed by atoms with Crippen molar-refractivity contribution in [3.05, 3.63) is 47.1 Å². The second-order valence-corrected chi connectivity index (χ2v) is 4.91. The van der Waals surface area contributed by atoms with E-state index in [0.29, 0.717) is 16.9 Å². The number of unbranched alkanes of at least 4 members (excludes halogenated alkanes) is 1.